The van der Waals surface area contributed by atoms with Crippen LogP contribution in [0.25, 0.3) is 21.8 Å². The van der Waals surface area contributed by atoms with E-state index in [0.717, 1.165) is 58.3 Å². The number of hydrogen-bond acceptors (Lipinski definition) is 3. The summed E-state index contributed by atoms with van der Waals surface area (Å²) in [6.45, 7) is 10.5. The van der Waals surface area contributed by atoms with Crippen molar-refractivity contribution in [2.45, 2.75) is 72.1 Å². The van der Waals surface area contributed by atoms with E-state index in [1.807, 2.05) is 12.1 Å². The molecule has 0 aliphatic carbocycles. The number of rotatable bonds is 8. The molecule has 3 aromatic heterocycles. The van der Waals surface area contributed by atoms with Crippen LogP contribution in [0.2, 0.25) is 0 Å². The summed E-state index contributed by atoms with van der Waals surface area (Å²) in [6.07, 6.45) is 6.54. The molecule has 5 nitrogen and oxygen atoms in total. The molecular formula is C33H35N3O2. The molecule has 4 heterocycles. The fourth-order valence-corrected chi connectivity index (χ4v) is 6.70. The van der Waals surface area contributed by atoms with Gasteiger partial charge in [0.05, 0.1) is 5.56 Å². The lowest BCUT2D eigenvalue weighted by Crippen LogP contribution is -2.32. The maximum Gasteiger partial charge on any atom is 0.341 e. The van der Waals surface area contributed by atoms with Gasteiger partial charge in [0.1, 0.15) is 5.69 Å². The van der Waals surface area contributed by atoms with Crippen molar-refractivity contribution in [2.75, 3.05) is 0 Å². The van der Waals surface area contributed by atoms with Crippen molar-refractivity contribution in [2.24, 2.45) is 0 Å². The summed E-state index contributed by atoms with van der Waals surface area (Å²) in [6, 6.07) is 20.7. The molecule has 0 radical (unpaired) electrons. The molecule has 5 aromatic rings. The lowest BCUT2D eigenvalue weighted by molar-refractivity contribution is 0.0247. The fourth-order valence-electron chi connectivity index (χ4n) is 6.70. The third-order valence-corrected chi connectivity index (χ3v) is 8.32. The van der Waals surface area contributed by atoms with E-state index in [2.05, 4.69) is 85.4 Å². The van der Waals surface area contributed by atoms with E-state index in [4.69, 9.17) is 9.72 Å². The molecule has 0 saturated heterocycles. The van der Waals surface area contributed by atoms with E-state index in [1.165, 1.54) is 24.8 Å². The standard InChI is InChI=1S/C33H35N3O2/c1-5-7-8-13-21-36-23(4)30(25-16-10-12-19-28(25)36)33(31-26(32(37)38-33)17-14-20-34-31)29-22(3)35(6-2)27-18-11-9-15-24(27)29/h9-12,14-20H,5-8,13,21H2,1-4H3. The Bertz CT molecular complexity index is 1670. The number of benzene rings is 2. The van der Waals surface area contributed by atoms with Crippen molar-refractivity contribution >= 4 is 27.8 Å². The number of aromatic nitrogens is 3. The molecular weight excluding hydrogens is 470 g/mol. The molecule has 1 aliphatic rings. The number of pyridine rings is 1. The average Bonchev–Trinajstić information content (AvgIpc) is 3.51. The van der Waals surface area contributed by atoms with E-state index >= 15 is 0 Å². The van der Waals surface area contributed by atoms with Gasteiger partial charge < -0.3 is 13.9 Å². The van der Waals surface area contributed by atoms with Crippen molar-refractivity contribution < 1.29 is 9.53 Å². The van der Waals surface area contributed by atoms with Gasteiger partial charge in [-0.3, -0.25) is 4.98 Å². The van der Waals surface area contributed by atoms with Crippen LogP contribution in [0.1, 0.15) is 78.1 Å². The molecule has 1 aliphatic heterocycles. The van der Waals surface area contributed by atoms with E-state index in [9.17, 15) is 4.79 Å². The highest BCUT2D eigenvalue weighted by molar-refractivity contribution is 6.00. The Labute approximate surface area is 224 Å². The van der Waals surface area contributed by atoms with Gasteiger partial charge in [0.2, 0.25) is 5.60 Å². The van der Waals surface area contributed by atoms with Crippen LogP contribution < -0.4 is 0 Å². The second-order valence-corrected chi connectivity index (χ2v) is 10.4. The molecule has 38 heavy (non-hydrogen) atoms. The highest BCUT2D eigenvalue weighted by Crippen LogP contribution is 2.53. The number of para-hydroxylation sites is 2. The molecule has 2 aromatic carbocycles. The minimum atomic E-state index is -1.14. The van der Waals surface area contributed by atoms with Crippen LogP contribution in [0.5, 0.6) is 0 Å². The number of fused-ring (bicyclic) bond motifs is 3. The van der Waals surface area contributed by atoms with Crippen LogP contribution in [0.3, 0.4) is 0 Å². The zero-order chi connectivity index (χ0) is 26.4. The van der Waals surface area contributed by atoms with Gasteiger partial charge in [-0.25, -0.2) is 4.79 Å². The largest absolute Gasteiger partial charge is 0.439 e. The summed E-state index contributed by atoms with van der Waals surface area (Å²) in [5.74, 6) is -0.319. The van der Waals surface area contributed by atoms with Crippen molar-refractivity contribution in [3.8, 4) is 0 Å². The fraction of sp³-hybridized carbons (Fsp3) is 0.333. The molecule has 194 valence electrons. The molecule has 0 fully saturated rings. The monoisotopic (exact) mass is 505 g/mol. The second-order valence-electron chi connectivity index (χ2n) is 10.4. The molecule has 6 rings (SSSR count). The third kappa shape index (κ3) is 3.37. The van der Waals surface area contributed by atoms with Crippen molar-refractivity contribution in [3.63, 3.8) is 0 Å². The first kappa shape index (κ1) is 24.5. The molecule has 0 N–H and O–H groups in total. The van der Waals surface area contributed by atoms with Crippen molar-refractivity contribution in [1.29, 1.82) is 0 Å². The Balaban J connectivity index is 1.73. The van der Waals surface area contributed by atoms with Crippen LogP contribution in [0, 0.1) is 13.8 Å². The summed E-state index contributed by atoms with van der Waals surface area (Å²) in [5.41, 5.74) is 6.66. The number of carbonyl (C=O) groups is 1. The quantitative estimate of drug-likeness (QED) is 0.161. The number of nitrogens with zero attached hydrogens (tertiary/aromatic N) is 3. The summed E-state index contributed by atoms with van der Waals surface area (Å²) in [4.78, 5) is 18.5. The van der Waals surface area contributed by atoms with Crippen LogP contribution in [0.15, 0.2) is 66.9 Å². The number of unbranched alkanes of at least 4 members (excludes halogenated alkanes) is 3. The van der Waals surface area contributed by atoms with Gasteiger partial charge in [0.15, 0.2) is 0 Å². The van der Waals surface area contributed by atoms with Gasteiger partial charge in [-0.05, 0) is 51.5 Å². The Kier molecular flexibility index (Phi) is 6.10. The van der Waals surface area contributed by atoms with Gasteiger partial charge >= 0.3 is 5.97 Å². The van der Waals surface area contributed by atoms with E-state index in [-0.39, 0.29) is 5.97 Å². The highest BCUT2D eigenvalue weighted by Gasteiger charge is 2.54. The normalized spacial score (nSPS) is 16.9. The van der Waals surface area contributed by atoms with Gasteiger partial charge in [-0.2, -0.15) is 0 Å². The SMILES string of the molecule is CCCCCCn1c(C)c(C2(c3c(C)n(CC)c4ccccc34)OC(=O)c3cccnc32)c2ccccc21. The number of cyclic esters (lactones) is 1. The first-order valence-electron chi connectivity index (χ1n) is 13.9. The Morgan fingerprint density at radius 1 is 0.789 bits per heavy atom. The first-order valence-corrected chi connectivity index (χ1v) is 13.9. The predicted octanol–water partition coefficient (Wildman–Crippen LogP) is 7.67. The minimum Gasteiger partial charge on any atom is -0.439 e. The summed E-state index contributed by atoms with van der Waals surface area (Å²) in [7, 11) is 0. The molecule has 1 unspecified atom stereocenters. The van der Waals surface area contributed by atoms with Gasteiger partial charge in [-0.1, -0.05) is 62.6 Å². The number of ether oxygens (including phenoxy) is 1. The van der Waals surface area contributed by atoms with E-state index in [0.29, 0.717) is 11.3 Å². The summed E-state index contributed by atoms with van der Waals surface area (Å²) in [5, 5.41) is 2.21. The minimum absolute atomic E-state index is 0.319. The molecule has 1 atom stereocenters. The number of esters is 1. The van der Waals surface area contributed by atoms with Crippen LogP contribution in [-0.2, 0) is 23.4 Å². The molecule has 0 bridgehead atoms. The summed E-state index contributed by atoms with van der Waals surface area (Å²) >= 11 is 0. The predicted molar refractivity (Wildman–Crippen MR) is 153 cm³/mol. The zero-order valence-corrected chi connectivity index (χ0v) is 22.8. The number of hydrogen-bond donors (Lipinski definition) is 0. The second kappa shape index (κ2) is 9.46. The van der Waals surface area contributed by atoms with Gasteiger partial charge in [0, 0.05) is 63.6 Å². The molecule has 0 spiro atoms. The van der Waals surface area contributed by atoms with Crippen LogP contribution in [-0.4, -0.2) is 20.1 Å². The summed E-state index contributed by atoms with van der Waals surface area (Å²) < 4.78 is 11.4. The Morgan fingerprint density at radius 3 is 2.08 bits per heavy atom. The zero-order valence-electron chi connectivity index (χ0n) is 22.8. The molecule has 0 saturated carbocycles. The highest BCUT2D eigenvalue weighted by atomic mass is 16.6. The van der Waals surface area contributed by atoms with Crippen molar-refractivity contribution in [3.05, 3.63) is 101 Å². The Hall–Kier alpha value is -3.86. The first-order chi connectivity index (χ1) is 18.5. The van der Waals surface area contributed by atoms with E-state index in [1.54, 1.807) is 6.20 Å². The lowest BCUT2D eigenvalue weighted by atomic mass is 9.80. The van der Waals surface area contributed by atoms with Crippen LogP contribution >= 0.6 is 0 Å². The third-order valence-electron chi connectivity index (χ3n) is 8.32. The smallest absolute Gasteiger partial charge is 0.341 e. The maximum atomic E-state index is 13.6. The van der Waals surface area contributed by atoms with Gasteiger partial charge in [0.25, 0.3) is 0 Å². The van der Waals surface area contributed by atoms with Crippen LogP contribution in [0.4, 0.5) is 0 Å². The van der Waals surface area contributed by atoms with Gasteiger partial charge in [-0.15, -0.1) is 0 Å². The Morgan fingerprint density at radius 2 is 1.42 bits per heavy atom. The lowest BCUT2D eigenvalue weighted by Gasteiger charge is -2.30. The molecule has 5 heteroatoms. The van der Waals surface area contributed by atoms with E-state index < -0.39 is 5.60 Å². The molecule has 0 amide bonds. The average molecular weight is 506 g/mol. The van der Waals surface area contributed by atoms with Crippen molar-refractivity contribution in [1.82, 2.24) is 14.1 Å². The number of aryl methyl sites for hydroxylation is 2. The maximum absolute atomic E-state index is 13.6. The topological polar surface area (TPSA) is 49.0 Å². The number of carbonyl (C=O) groups excluding carboxylic acids is 1.